The molecule has 0 aliphatic heterocycles. The zero-order chi connectivity index (χ0) is 15.5. The van der Waals surface area contributed by atoms with Crippen LogP contribution < -0.4 is 16.6 Å². The molecule has 0 radical (unpaired) electrons. The van der Waals surface area contributed by atoms with Crippen molar-refractivity contribution in [1.82, 2.24) is 9.55 Å². The second kappa shape index (κ2) is 5.73. The molecule has 0 atom stereocenters. The van der Waals surface area contributed by atoms with E-state index in [0.717, 1.165) is 16.9 Å². The lowest BCUT2D eigenvalue weighted by atomic mass is 10.2. The first-order valence-corrected chi connectivity index (χ1v) is 6.92. The SMILES string of the molecule is Cc1ccc(-n2c(N)cc(=O)nc2Nc2ccccc2)cc1. The summed E-state index contributed by atoms with van der Waals surface area (Å²) in [5.74, 6) is 0.724. The lowest BCUT2D eigenvalue weighted by molar-refractivity contribution is 0.986. The van der Waals surface area contributed by atoms with Crippen molar-refractivity contribution in [3.05, 3.63) is 76.6 Å². The minimum atomic E-state index is -0.376. The van der Waals surface area contributed by atoms with Gasteiger partial charge in [-0.2, -0.15) is 4.98 Å². The Balaban J connectivity index is 2.12. The van der Waals surface area contributed by atoms with Gasteiger partial charge < -0.3 is 11.1 Å². The molecule has 0 fully saturated rings. The van der Waals surface area contributed by atoms with E-state index in [1.165, 1.54) is 6.07 Å². The molecule has 0 aliphatic carbocycles. The number of aromatic nitrogens is 2. The lowest BCUT2D eigenvalue weighted by Gasteiger charge is -2.16. The van der Waals surface area contributed by atoms with E-state index in [4.69, 9.17) is 5.73 Å². The van der Waals surface area contributed by atoms with Crippen LogP contribution in [0.15, 0.2) is 65.5 Å². The number of para-hydroxylation sites is 1. The van der Waals surface area contributed by atoms with Crippen molar-refractivity contribution in [3.8, 4) is 5.69 Å². The first-order valence-electron chi connectivity index (χ1n) is 6.92. The predicted molar refractivity (Wildman–Crippen MR) is 88.7 cm³/mol. The Bertz CT molecular complexity index is 839. The van der Waals surface area contributed by atoms with E-state index in [9.17, 15) is 4.79 Å². The molecular formula is C17H16N4O. The van der Waals surface area contributed by atoms with Crippen molar-refractivity contribution in [3.63, 3.8) is 0 Å². The molecule has 5 heteroatoms. The third-order valence-electron chi connectivity index (χ3n) is 3.28. The van der Waals surface area contributed by atoms with Crippen molar-refractivity contribution in [2.75, 3.05) is 11.1 Å². The van der Waals surface area contributed by atoms with E-state index in [1.807, 2.05) is 61.5 Å². The highest BCUT2D eigenvalue weighted by molar-refractivity contribution is 5.59. The number of nitrogen functional groups attached to an aromatic ring is 1. The molecule has 3 N–H and O–H groups in total. The quantitative estimate of drug-likeness (QED) is 0.778. The molecule has 3 aromatic rings. The van der Waals surface area contributed by atoms with Crippen LogP contribution in [0.1, 0.15) is 5.56 Å². The molecule has 0 spiro atoms. The monoisotopic (exact) mass is 292 g/mol. The van der Waals surface area contributed by atoms with E-state index in [0.29, 0.717) is 11.8 Å². The third kappa shape index (κ3) is 2.83. The van der Waals surface area contributed by atoms with E-state index >= 15 is 0 Å². The standard InChI is InChI=1S/C17H16N4O/c1-12-7-9-14(10-8-12)21-15(18)11-16(22)20-17(21)19-13-5-3-2-4-6-13/h2-11H,18H2,1H3,(H,19,20,22). The Hall–Kier alpha value is -3.08. The Morgan fingerprint density at radius 1 is 1.05 bits per heavy atom. The van der Waals surface area contributed by atoms with Gasteiger partial charge in [0.15, 0.2) is 0 Å². The number of nitrogens with zero attached hydrogens (tertiary/aromatic N) is 2. The molecule has 110 valence electrons. The van der Waals surface area contributed by atoms with Crippen LogP contribution in [0.2, 0.25) is 0 Å². The minimum Gasteiger partial charge on any atom is -0.385 e. The Morgan fingerprint density at radius 2 is 1.73 bits per heavy atom. The smallest absolute Gasteiger partial charge is 0.276 e. The summed E-state index contributed by atoms with van der Waals surface area (Å²) in [5.41, 5.74) is 8.48. The third-order valence-corrected chi connectivity index (χ3v) is 3.28. The van der Waals surface area contributed by atoms with Gasteiger partial charge in [0.25, 0.3) is 5.56 Å². The first kappa shape index (κ1) is 13.9. The maximum Gasteiger partial charge on any atom is 0.276 e. The number of nitrogens with one attached hydrogen (secondary N) is 1. The topological polar surface area (TPSA) is 72.9 Å². The molecule has 22 heavy (non-hydrogen) atoms. The molecule has 0 saturated heterocycles. The van der Waals surface area contributed by atoms with Gasteiger partial charge in [-0.05, 0) is 31.2 Å². The molecule has 5 nitrogen and oxygen atoms in total. The van der Waals surface area contributed by atoms with Crippen LogP contribution in [-0.4, -0.2) is 9.55 Å². The second-order valence-electron chi connectivity index (χ2n) is 5.00. The van der Waals surface area contributed by atoms with Gasteiger partial charge in [0.2, 0.25) is 5.95 Å². The number of anilines is 3. The zero-order valence-corrected chi connectivity index (χ0v) is 12.2. The molecule has 0 aliphatic rings. The number of nitrogens with two attached hydrogens (primary N) is 1. The summed E-state index contributed by atoms with van der Waals surface area (Å²) in [5, 5.41) is 3.14. The Labute approximate surface area is 128 Å². The zero-order valence-electron chi connectivity index (χ0n) is 12.2. The molecule has 3 rings (SSSR count). The number of rotatable bonds is 3. The number of hydrogen-bond acceptors (Lipinski definition) is 4. The molecule has 0 saturated carbocycles. The van der Waals surface area contributed by atoms with E-state index in [1.54, 1.807) is 4.57 Å². The highest BCUT2D eigenvalue weighted by Crippen LogP contribution is 2.21. The lowest BCUT2D eigenvalue weighted by Crippen LogP contribution is -2.18. The van der Waals surface area contributed by atoms with Crippen LogP contribution in [0, 0.1) is 6.92 Å². The van der Waals surface area contributed by atoms with E-state index in [-0.39, 0.29) is 5.56 Å². The molecule has 1 heterocycles. The van der Waals surface area contributed by atoms with Crippen molar-refractivity contribution in [1.29, 1.82) is 0 Å². The van der Waals surface area contributed by atoms with Gasteiger partial charge in [0.1, 0.15) is 5.82 Å². The highest BCUT2D eigenvalue weighted by atomic mass is 16.1. The van der Waals surface area contributed by atoms with Crippen molar-refractivity contribution in [2.24, 2.45) is 0 Å². The van der Waals surface area contributed by atoms with Crippen LogP contribution in [0.5, 0.6) is 0 Å². The fourth-order valence-electron chi connectivity index (χ4n) is 2.20. The summed E-state index contributed by atoms with van der Waals surface area (Å²) in [6.45, 7) is 2.01. The summed E-state index contributed by atoms with van der Waals surface area (Å²) in [6.07, 6.45) is 0. The van der Waals surface area contributed by atoms with Crippen LogP contribution in [0.25, 0.3) is 5.69 Å². The van der Waals surface area contributed by atoms with E-state index < -0.39 is 0 Å². The summed E-state index contributed by atoms with van der Waals surface area (Å²) in [6, 6.07) is 18.7. The highest BCUT2D eigenvalue weighted by Gasteiger charge is 2.10. The number of benzene rings is 2. The van der Waals surface area contributed by atoms with Crippen LogP contribution in [0.4, 0.5) is 17.5 Å². The largest absolute Gasteiger partial charge is 0.385 e. The van der Waals surface area contributed by atoms with Gasteiger partial charge in [0, 0.05) is 11.8 Å². The van der Waals surface area contributed by atoms with Crippen LogP contribution in [0.3, 0.4) is 0 Å². The summed E-state index contributed by atoms with van der Waals surface area (Å²) < 4.78 is 1.72. The predicted octanol–water partition coefficient (Wildman–Crippen LogP) is 2.87. The average molecular weight is 292 g/mol. The molecule has 2 aromatic carbocycles. The Morgan fingerprint density at radius 3 is 2.41 bits per heavy atom. The normalized spacial score (nSPS) is 10.4. The van der Waals surface area contributed by atoms with Crippen LogP contribution >= 0.6 is 0 Å². The van der Waals surface area contributed by atoms with E-state index in [2.05, 4.69) is 10.3 Å². The summed E-state index contributed by atoms with van der Waals surface area (Å²) in [4.78, 5) is 15.7. The molecule has 0 unspecified atom stereocenters. The van der Waals surface area contributed by atoms with Crippen molar-refractivity contribution >= 4 is 17.5 Å². The Kier molecular flexibility index (Phi) is 3.62. The van der Waals surface area contributed by atoms with Gasteiger partial charge in [-0.15, -0.1) is 0 Å². The van der Waals surface area contributed by atoms with Crippen molar-refractivity contribution in [2.45, 2.75) is 6.92 Å². The van der Waals surface area contributed by atoms with Gasteiger partial charge in [-0.3, -0.25) is 9.36 Å². The van der Waals surface area contributed by atoms with Crippen LogP contribution in [-0.2, 0) is 0 Å². The molecule has 0 amide bonds. The molecule has 1 aromatic heterocycles. The molecule has 0 bridgehead atoms. The molecular weight excluding hydrogens is 276 g/mol. The minimum absolute atomic E-state index is 0.335. The first-order chi connectivity index (χ1) is 10.6. The van der Waals surface area contributed by atoms with Crippen molar-refractivity contribution < 1.29 is 0 Å². The number of hydrogen-bond donors (Lipinski definition) is 2. The number of aryl methyl sites for hydroxylation is 1. The maximum absolute atomic E-state index is 11.7. The average Bonchev–Trinajstić information content (AvgIpc) is 2.49. The second-order valence-corrected chi connectivity index (χ2v) is 5.00. The van der Waals surface area contributed by atoms with Gasteiger partial charge in [-0.1, -0.05) is 35.9 Å². The van der Waals surface area contributed by atoms with Gasteiger partial charge in [0.05, 0.1) is 5.69 Å². The fraction of sp³-hybridized carbons (Fsp3) is 0.0588. The maximum atomic E-state index is 11.7. The fourth-order valence-corrected chi connectivity index (χ4v) is 2.20. The summed E-state index contributed by atoms with van der Waals surface area (Å²) in [7, 11) is 0. The van der Waals surface area contributed by atoms with Gasteiger partial charge in [-0.25, -0.2) is 0 Å². The summed E-state index contributed by atoms with van der Waals surface area (Å²) >= 11 is 0. The van der Waals surface area contributed by atoms with Gasteiger partial charge >= 0.3 is 0 Å².